The second kappa shape index (κ2) is 16.4. The molecule has 1 fully saturated rings. The maximum atomic E-state index is 13.7. The normalized spacial score (nSPS) is 20.8. The van der Waals surface area contributed by atoms with E-state index in [-0.39, 0.29) is 29.4 Å². The Hall–Kier alpha value is -4.61. The van der Waals surface area contributed by atoms with Crippen molar-refractivity contribution in [3.05, 3.63) is 144 Å². The summed E-state index contributed by atoms with van der Waals surface area (Å²) < 4.78 is 37.9. The van der Waals surface area contributed by atoms with Crippen LogP contribution in [-0.2, 0) is 34.7 Å². The van der Waals surface area contributed by atoms with Crippen LogP contribution in [0.2, 0.25) is 18.1 Å². The van der Waals surface area contributed by atoms with E-state index in [0.29, 0.717) is 5.56 Å². The fraction of sp³-hybridized carbons (Fsp3) is 0.325. The third-order valence-corrected chi connectivity index (χ3v) is 13.5. The third kappa shape index (κ3) is 9.33. The number of carbonyl (C=O) groups is 3. The molecule has 4 aromatic rings. The number of esters is 3. The van der Waals surface area contributed by atoms with Gasteiger partial charge in [-0.15, -0.1) is 0 Å². The van der Waals surface area contributed by atoms with Crippen LogP contribution in [0.15, 0.2) is 121 Å². The Morgan fingerprint density at radius 2 is 1.02 bits per heavy atom. The lowest BCUT2D eigenvalue weighted by Crippen LogP contribution is -2.63. The van der Waals surface area contributed by atoms with Crippen LogP contribution in [0.3, 0.4) is 0 Å². The first kappa shape index (κ1) is 36.7. The van der Waals surface area contributed by atoms with E-state index in [2.05, 4.69) is 33.9 Å². The van der Waals surface area contributed by atoms with Gasteiger partial charge in [-0.2, -0.15) is 0 Å². The van der Waals surface area contributed by atoms with Gasteiger partial charge in [0.2, 0.25) is 6.29 Å². The van der Waals surface area contributed by atoms with Crippen LogP contribution >= 0.6 is 0 Å². The lowest BCUT2D eigenvalue weighted by atomic mass is 9.97. The van der Waals surface area contributed by atoms with Gasteiger partial charge in [0.15, 0.2) is 20.5 Å². The molecule has 10 heteroatoms. The van der Waals surface area contributed by atoms with Gasteiger partial charge in [-0.3, -0.25) is 0 Å². The molecule has 5 rings (SSSR count). The number of carbonyl (C=O) groups excluding carboxylic acids is 3. The smallest absolute Gasteiger partial charge is 0.340 e. The highest BCUT2D eigenvalue weighted by molar-refractivity contribution is 6.74. The van der Waals surface area contributed by atoms with Crippen LogP contribution in [0.1, 0.15) is 57.4 Å². The van der Waals surface area contributed by atoms with E-state index >= 15 is 0 Å². The molecule has 1 heterocycles. The summed E-state index contributed by atoms with van der Waals surface area (Å²) in [6, 6.07) is 34.8. The Morgan fingerprint density at radius 1 is 0.600 bits per heavy atom. The third-order valence-electron chi connectivity index (χ3n) is 9.03. The van der Waals surface area contributed by atoms with Crippen molar-refractivity contribution in [3.8, 4) is 0 Å². The fourth-order valence-electron chi connectivity index (χ4n) is 5.12. The van der Waals surface area contributed by atoms with E-state index in [4.69, 9.17) is 28.1 Å². The maximum Gasteiger partial charge on any atom is 0.340 e. The molecule has 50 heavy (non-hydrogen) atoms. The number of benzene rings is 4. The second-order valence-corrected chi connectivity index (χ2v) is 18.4. The Kier molecular flexibility index (Phi) is 12.0. The first-order valence-corrected chi connectivity index (χ1v) is 19.6. The highest BCUT2D eigenvalue weighted by atomic mass is 28.4. The predicted molar refractivity (Wildman–Crippen MR) is 190 cm³/mol. The number of hydrogen-bond acceptors (Lipinski definition) is 9. The molecule has 9 nitrogen and oxygen atoms in total. The largest absolute Gasteiger partial charge is 0.453 e. The topological polar surface area (TPSA) is 107 Å². The zero-order valence-electron chi connectivity index (χ0n) is 29.0. The van der Waals surface area contributed by atoms with Crippen molar-refractivity contribution in [2.24, 2.45) is 0 Å². The van der Waals surface area contributed by atoms with Crippen LogP contribution in [0, 0.1) is 0 Å². The predicted octanol–water partition coefficient (Wildman–Crippen LogP) is 7.63. The van der Waals surface area contributed by atoms with E-state index in [0.717, 1.165) is 5.56 Å². The molecule has 5 atom stereocenters. The Labute approximate surface area is 294 Å². The van der Waals surface area contributed by atoms with E-state index in [1.165, 1.54) is 0 Å². The molecule has 1 aliphatic heterocycles. The molecule has 0 bridgehead atoms. The monoisotopic (exact) mass is 696 g/mol. The van der Waals surface area contributed by atoms with E-state index in [1.807, 2.05) is 30.3 Å². The van der Waals surface area contributed by atoms with Gasteiger partial charge >= 0.3 is 17.9 Å². The zero-order valence-corrected chi connectivity index (χ0v) is 30.0. The van der Waals surface area contributed by atoms with Crippen molar-refractivity contribution in [2.45, 2.75) is 76.2 Å². The molecule has 262 valence electrons. The van der Waals surface area contributed by atoms with Gasteiger partial charge in [-0.25, -0.2) is 14.4 Å². The zero-order chi connectivity index (χ0) is 35.7. The molecule has 0 radical (unpaired) electrons. The lowest BCUT2D eigenvalue weighted by Gasteiger charge is -2.46. The molecule has 1 saturated heterocycles. The van der Waals surface area contributed by atoms with Crippen LogP contribution in [-0.4, -0.2) is 63.5 Å². The molecule has 0 amide bonds. The molecule has 0 spiro atoms. The van der Waals surface area contributed by atoms with Gasteiger partial charge in [0.05, 0.1) is 29.9 Å². The minimum Gasteiger partial charge on any atom is -0.453 e. The van der Waals surface area contributed by atoms with Gasteiger partial charge in [-0.05, 0) is 60.1 Å². The maximum absolute atomic E-state index is 13.7. The van der Waals surface area contributed by atoms with Crippen LogP contribution in [0.25, 0.3) is 0 Å². The highest BCUT2D eigenvalue weighted by Crippen LogP contribution is 2.38. The van der Waals surface area contributed by atoms with Crippen molar-refractivity contribution in [1.29, 1.82) is 0 Å². The summed E-state index contributed by atoms with van der Waals surface area (Å²) in [5.74, 6) is -2.02. The first-order chi connectivity index (χ1) is 23.9. The van der Waals surface area contributed by atoms with Crippen molar-refractivity contribution in [1.82, 2.24) is 0 Å². The van der Waals surface area contributed by atoms with Crippen LogP contribution in [0.4, 0.5) is 0 Å². The molecule has 0 saturated carbocycles. The van der Waals surface area contributed by atoms with Gasteiger partial charge in [0, 0.05) is 0 Å². The quantitative estimate of drug-likeness (QED) is 0.0840. The van der Waals surface area contributed by atoms with Crippen molar-refractivity contribution >= 4 is 26.2 Å². The second-order valence-electron chi connectivity index (χ2n) is 13.6. The molecule has 1 aliphatic rings. The Balaban J connectivity index is 1.57. The molecular formula is C40H44O9Si. The van der Waals surface area contributed by atoms with Crippen LogP contribution in [0.5, 0.6) is 0 Å². The minimum atomic E-state index is -2.36. The van der Waals surface area contributed by atoms with Crippen molar-refractivity contribution in [2.75, 3.05) is 6.61 Å². The fourth-order valence-corrected chi connectivity index (χ4v) is 6.13. The summed E-state index contributed by atoms with van der Waals surface area (Å²) in [6.45, 7) is 10.6. The van der Waals surface area contributed by atoms with Gasteiger partial charge in [0.1, 0.15) is 12.2 Å². The van der Waals surface area contributed by atoms with E-state index in [9.17, 15) is 14.4 Å². The number of hydrogen-bond donors (Lipinski definition) is 0. The molecule has 0 unspecified atom stereocenters. The van der Waals surface area contributed by atoms with Crippen LogP contribution < -0.4 is 0 Å². The summed E-state index contributed by atoms with van der Waals surface area (Å²) in [5, 5.41) is -0.145. The SMILES string of the molecule is CC(C)(C)[Si](C)(C)OC[C@H]1O[C@@H](OC(=O)c2ccccc2)[C@H](OC(=O)c2ccccc2)[C@@H](OCc2ccccc2)[C@@H]1OC(=O)c1ccccc1. The summed E-state index contributed by atoms with van der Waals surface area (Å²) >= 11 is 0. The van der Waals surface area contributed by atoms with Gasteiger partial charge in [0.25, 0.3) is 0 Å². The number of rotatable bonds is 12. The Morgan fingerprint density at radius 3 is 1.48 bits per heavy atom. The highest BCUT2D eigenvalue weighted by Gasteiger charge is 2.53. The lowest BCUT2D eigenvalue weighted by molar-refractivity contribution is -0.292. The summed E-state index contributed by atoms with van der Waals surface area (Å²) in [7, 11) is -2.36. The summed E-state index contributed by atoms with van der Waals surface area (Å²) in [6.07, 6.45) is -6.06. The average molecular weight is 697 g/mol. The first-order valence-electron chi connectivity index (χ1n) is 16.7. The van der Waals surface area contributed by atoms with E-state index in [1.54, 1.807) is 91.0 Å². The standard InChI is InChI=1S/C40H44O9Si/c1-40(2,3)50(4,5)45-27-32-33(47-36(41)29-20-12-7-13-21-29)34(44-26-28-18-10-6-11-19-28)35(48-37(42)30-22-14-8-15-23-30)39(46-32)49-38(43)31-24-16-9-17-25-31/h6-25,32-35,39H,26-27H2,1-5H3/t32-,33-,34+,35-,39+/m1/s1. The number of ether oxygens (including phenoxy) is 5. The molecular weight excluding hydrogens is 653 g/mol. The molecule has 4 aromatic carbocycles. The summed E-state index contributed by atoms with van der Waals surface area (Å²) in [5.41, 5.74) is 1.68. The van der Waals surface area contributed by atoms with Crippen molar-refractivity contribution in [3.63, 3.8) is 0 Å². The van der Waals surface area contributed by atoms with E-state index < -0.39 is 56.9 Å². The molecule has 0 aliphatic carbocycles. The Bertz CT molecular complexity index is 1690. The summed E-state index contributed by atoms with van der Waals surface area (Å²) in [4.78, 5) is 40.8. The minimum absolute atomic E-state index is 0.00678. The molecule has 0 aromatic heterocycles. The molecule has 0 N–H and O–H groups in total. The van der Waals surface area contributed by atoms with Crippen molar-refractivity contribution < 1.29 is 42.5 Å². The van der Waals surface area contributed by atoms with Gasteiger partial charge in [-0.1, -0.05) is 106 Å². The average Bonchev–Trinajstić information content (AvgIpc) is 3.12. The van der Waals surface area contributed by atoms with Gasteiger partial charge < -0.3 is 28.1 Å².